The number of benzene rings is 5. The van der Waals surface area contributed by atoms with E-state index in [4.69, 9.17) is 0 Å². The van der Waals surface area contributed by atoms with Gasteiger partial charge in [-0.15, -0.1) is 0 Å². The molecule has 35 heavy (non-hydrogen) atoms. The average Bonchev–Trinajstić information content (AvgIpc) is 2.93. The molecule has 0 aliphatic carbocycles. The minimum absolute atomic E-state index is 1.16. The average molecular weight is 452 g/mol. The Hall–Kier alpha value is -4.36. The van der Waals surface area contributed by atoms with Gasteiger partial charge in [0.25, 0.3) is 0 Å². The van der Waals surface area contributed by atoms with Crippen LogP contribution in [-0.4, -0.2) is 7.05 Å². The lowest BCUT2D eigenvalue weighted by Crippen LogP contribution is -2.22. The zero-order valence-corrected chi connectivity index (χ0v) is 20.2. The van der Waals surface area contributed by atoms with Gasteiger partial charge in [0.2, 0.25) is 0 Å². The molecule has 0 N–H and O–H groups in total. The van der Waals surface area contributed by atoms with E-state index in [9.17, 15) is 0 Å². The van der Waals surface area contributed by atoms with Gasteiger partial charge in [-0.05, 0) is 75.2 Å². The zero-order valence-electron chi connectivity index (χ0n) is 20.2. The van der Waals surface area contributed by atoms with Crippen LogP contribution in [0.3, 0.4) is 0 Å². The maximum Gasteiger partial charge on any atom is 0.0408 e. The molecule has 0 aromatic heterocycles. The number of hydrogen-bond donors (Lipinski definition) is 0. The van der Waals surface area contributed by atoms with E-state index in [0.29, 0.717) is 0 Å². The lowest BCUT2D eigenvalue weighted by molar-refractivity contribution is 1.21. The quantitative estimate of drug-likeness (QED) is 0.266. The predicted octanol–water partition coefficient (Wildman–Crippen LogP) is 7.57. The summed E-state index contributed by atoms with van der Waals surface area (Å²) in [4.78, 5) is 2.22. The van der Waals surface area contributed by atoms with Crippen LogP contribution in [0.5, 0.6) is 0 Å². The number of allylic oxidation sites excluding steroid dienone is 1. The fraction of sp³-hybridized carbons (Fsp3) is 0.0588. The maximum absolute atomic E-state index is 2.26. The smallest absolute Gasteiger partial charge is 0.0408 e. The second-order valence-electron chi connectivity index (χ2n) is 8.70. The van der Waals surface area contributed by atoms with Gasteiger partial charge in [0.15, 0.2) is 0 Å². The molecule has 0 radical (unpaired) electrons. The van der Waals surface area contributed by atoms with Crippen LogP contribution < -0.4 is 15.3 Å². The first kappa shape index (κ1) is 22.4. The minimum Gasteiger partial charge on any atom is -0.345 e. The summed E-state index contributed by atoms with van der Waals surface area (Å²) in [7, 11) is 2.11. The molecule has 0 aliphatic rings. The molecule has 0 bridgehead atoms. The van der Waals surface area contributed by atoms with Gasteiger partial charge in [0.1, 0.15) is 0 Å². The molecule has 1 heteroatoms. The largest absolute Gasteiger partial charge is 0.345 e. The Labute approximate surface area is 207 Å². The molecule has 0 saturated heterocycles. The molecule has 5 aromatic carbocycles. The van der Waals surface area contributed by atoms with Crippen molar-refractivity contribution in [3.63, 3.8) is 0 Å². The molecule has 5 aromatic rings. The van der Waals surface area contributed by atoms with Gasteiger partial charge < -0.3 is 4.90 Å². The maximum atomic E-state index is 2.26. The monoisotopic (exact) mass is 451 g/mol. The summed E-state index contributed by atoms with van der Waals surface area (Å²) in [6, 6.07) is 41.0. The Bertz CT molecular complexity index is 1590. The third kappa shape index (κ3) is 5.10. The van der Waals surface area contributed by atoms with E-state index in [-0.39, 0.29) is 0 Å². The van der Waals surface area contributed by atoms with Crippen molar-refractivity contribution < 1.29 is 0 Å². The van der Waals surface area contributed by atoms with E-state index >= 15 is 0 Å². The topological polar surface area (TPSA) is 3.24 Å². The third-order valence-electron chi connectivity index (χ3n) is 6.49. The van der Waals surface area contributed by atoms with Crippen LogP contribution in [0, 0.1) is 0 Å². The highest BCUT2D eigenvalue weighted by Crippen LogP contribution is 2.29. The van der Waals surface area contributed by atoms with E-state index in [1.54, 1.807) is 0 Å². The van der Waals surface area contributed by atoms with Crippen LogP contribution in [0.4, 0.5) is 11.4 Å². The second-order valence-corrected chi connectivity index (χ2v) is 8.70. The van der Waals surface area contributed by atoms with Crippen LogP contribution in [0.25, 0.3) is 40.1 Å². The van der Waals surface area contributed by atoms with Crippen LogP contribution in [0.2, 0.25) is 0 Å². The van der Waals surface area contributed by atoms with Gasteiger partial charge in [-0.25, -0.2) is 0 Å². The minimum atomic E-state index is 1.16. The number of nitrogens with zero attached hydrogens (tertiary/aromatic N) is 1. The number of anilines is 2. The summed E-state index contributed by atoms with van der Waals surface area (Å²) in [5.74, 6) is 0. The second kappa shape index (κ2) is 10.3. The SMILES string of the molecule is C/C=c1/cccc/c1=C/C=C/c1ccc(N(C)c2ccc(-c3ccc4ccccc4c3)cc2)cc1. The van der Waals surface area contributed by atoms with E-state index < -0.39 is 0 Å². The van der Waals surface area contributed by atoms with E-state index in [0.717, 1.165) is 5.69 Å². The predicted molar refractivity (Wildman–Crippen MR) is 153 cm³/mol. The number of rotatable bonds is 5. The zero-order chi connectivity index (χ0) is 24.0. The molecule has 0 amide bonds. The van der Waals surface area contributed by atoms with Crippen molar-refractivity contribution in [3.8, 4) is 11.1 Å². The van der Waals surface area contributed by atoms with Crippen LogP contribution >= 0.6 is 0 Å². The number of fused-ring (bicyclic) bond motifs is 1. The van der Waals surface area contributed by atoms with Crippen LogP contribution in [0.1, 0.15) is 12.5 Å². The first-order valence-electron chi connectivity index (χ1n) is 12.0. The van der Waals surface area contributed by atoms with Gasteiger partial charge in [-0.1, -0.05) is 109 Å². The Morgan fingerprint density at radius 1 is 0.571 bits per heavy atom. The molecule has 1 nitrogen and oxygen atoms in total. The Morgan fingerprint density at radius 2 is 1.17 bits per heavy atom. The van der Waals surface area contributed by atoms with Gasteiger partial charge in [-0.2, -0.15) is 0 Å². The first-order valence-corrected chi connectivity index (χ1v) is 12.0. The lowest BCUT2D eigenvalue weighted by atomic mass is 10.0. The highest BCUT2D eigenvalue weighted by Gasteiger charge is 2.05. The lowest BCUT2D eigenvalue weighted by Gasteiger charge is -2.20. The van der Waals surface area contributed by atoms with Gasteiger partial charge >= 0.3 is 0 Å². The Balaban J connectivity index is 1.30. The fourth-order valence-corrected chi connectivity index (χ4v) is 4.39. The van der Waals surface area contributed by atoms with E-state index in [2.05, 4.69) is 158 Å². The van der Waals surface area contributed by atoms with Crippen molar-refractivity contribution in [3.05, 3.63) is 137 Å². The molecular formula is C34H29N. The highest BCUT2D eigenvalue weighted by molar-refractivity contribution is 5.87. The number of hydrogen-bond acceptors (Lipinski definition) is 1. The molecule has 0 saturated carbocycles. The van der Waals surface area contributed by atoms with Crippen molar-refractivity contribution in [2.24, 2.45) is 0 Å². The molecule has 5 rings (SSSR count). The van der Waals surface area contributed by atoms with Crippen molar-refractivity contribution in [1.82, 2.24) is 0 Å². The summed E-state index contributed by atoms with van der Waals surface area (Å²) in [6.45, 7) is 2.07. The van der Waals surface area contributed by atoms with Crippen molar-refractivity contribution in [2.45, 2.75) is 6.92 Å². The summed E-state index contributed by atoms with van der Waals surface area (Å²) in [5, 5.41) is 5.02. The first-order chi connectivity index (χ1) is 17.2. The molecule has 0 aliphatic heterocycles. The van der Waals surface area contributed by atoms with Crippen molar-refractivity contribution >= 4 is 40.4 Å². The molecule has 170 valence electrons. The molecule has 0 heterocycles. The Morgan fingerprint density at radius 3 is 1.89 bits per heavy atom. The van der Waals surface area contributed by atoms with E-state index in [1.165, 1.54) is 43.6 Å². The standard InChI is InChI=1S/C34H29N/c1-3-27-10-4-5-11-28(27)14-8-9-26-15-21-33(22-16-26)35(2)34-23-19-30(20-24-34)32-18-17-29-12-6-7-13-31(29)25-32/h3-25H,1-2H3/b9-8+,27-3-,28-14-. The van der Waals surface area contributed by atoms with Gasteiger partial charge in [0.05, 0.1) is 0 Å². The van der Waals surface area contributed by atoms with Crippen LogP contribution in [-0.2, 0) is 0 Å². The van der Waals surface area contributed by atoms with E-state index in [1.807, 2.05) is 0 Å². The Kier molecular flexibility index (Phi) is 6.59. The summed E-state index contributed by atoms with van der Waals surface area (Å²) in [5.41, 5.74) is 5.98. The van der Waals surface area contributed by atoms with Crippen LogP contribution in [0.15, 0.2) is 121 Å². The van der Waals surface area contributed by atoms with Gasteiger partial charge in [0, 0.05) is 18.4 Å². The summed E-state index contributed by atoms with van der Waals surface area (Å²) < 4.78 is 0. The highest BCUT2D eigenvalue weighted by atomic mass is 15.1. The molecule has 0 atom stereocenters. The molecular weight excluding hydrogens is 422 g/mol. The molecule has 0 unspecified atom stereocenters. The van der Waals surface area contributed by atoms with Crippen molar-refractivity contribution in [2.75, 3.05) is 11.9 Å². The van der Waals surface area contributed by atoms with Crippen molar-refractivity contribution in [1.29, 1.82) is 0 Å². The molecule has 0 spiro atoms. The summed E-state index contributed by atoms with van der Waals surface area (Å²) >= 11 is 0. The normalized spacial score (nSPS) is 12.5. The fourth-order valence-electron chi connectivity index (χ4n) is 4.39. The molecule has 0 fully saturated rings. The van der Waals surface area contributed by atoms with Gasteiger partial charge in [-0.3, -0.25) is 0 Å². The third-order valence-corrected chi connectivity index (χ3v) is 6.49. The summed E-state index contributed by atoms with van der Waals surface area (Å²) in [6.07, 6.45) is 8.56.